The van der Waals surface area contributed by atoms with E-state index in [1.54, 1.807) is 0 Å². The summed E-state index contributed by atoms with van der Waals surface area (Å²) in [7, 11) is 0. The first-order valence-corrected chi connectivity index (χ1v) is 11.4. The zero-order valence-electron chi connectivity index (χ0n) is 17.4. The van der Waals surface area contributed by atoms with Crippen LogP contribution in [0, 0.1) is 0 Å². The van der Waals surface area contributed by atoms with Crippen LogP contribution < -0.4 is 4.74 Å². The monoisotopic (exact) mass is 425 g/mol. The molecule has 2 aliphatic heterocycles. The van der Waals surface area contributed by atoms with E-state index in [0.717, 1.165) is 63.7 Å². The van der Waals surface area contributed by atoms with Crippen molar-refractivity contribution in [1.82, 2.24) is 14.7 Å². The summed E-state index contributed by atoms with van der Waals surface area (Å²) in [6, 6.07) is 5.73. The van der Waals surface area contributed by atoms with Gasteiger partial charge in [-0.3, -0.25) is 9.80 Å². The molecule has 3 rings (SSSR count). The van der Waals surface area contributed by atoms with Crippen LogP contribution in [0.1, 0.15) is 31.2 Å². The molecular weight excluding hydrogens is 390 g/mol. The van der Waals surface area contributed by atoms with Crippen LogP contribution in [0.3, 0.4) is 0 Å². The number of rotatable bonds is 9. The van der Waals surface area contributed by atoms with Crippen molar-refractivity contribution in [1.29, 1.82) is 0 Å². The molecule has 0 radical (unpaired) electrons. The van der Waals surface area contributed by atoms with E-state index in [4.69, 9.17) is 21.4 Å². The third-order valence-corrected chi connectivity index (χ3v) is 6.13. The van der Waals surface area contributed by atoms with E-state index in [2.05, 4.69) is 14.7 Å². The molecule has 0 bridgehead atoms. The van der Waals surface area contributed by atoms with Gasteiger partial charge in [0, 0.05) is 56.4 Å². The highest BCUT2D eigenvalue weighted by Crippen LogP contribution is 2.25. The Bertz CT molecular complexity index is 603. The number of benzene rings is 1. The van der Waals surface area contributed by atoms with Crippen molar-refractivity contribution in [3.8, 4) is 5.75 Å². The molecule has 2 N–H and O–H groups in total. The van der Waals surface area contributed by atoms with Crippen molar-refractivity contribution in [3.63, 3.8) is 0 Å². The molecule has 0 aromatic heterocycles. The predicted octanol–water partition coefficient (Wildman–Crippen LogP) is 2.07. The average Bonchev–Trinajstić information content (AvgIpc) is 2.98. The van der Waals surface area contributed by atoms with Crippen LogP contribution in [0.15, 0.2) is 18.2 Å². The van der Waals surface area contributed by atoms with Gasteiger partial charge in [0.15, 0.2) is 0 Å². The largest absolute Gasteiger partial charge is 0.491 e. The number of ether oxygens (including phenoxy) is 1. The molecule has 1 unspecified atom stereocenters. The predicted molar refractivity (Wildman–Crippen MR) is 117 cm³/mol. The highest BCUT2D eigenvalue weighted by Gasteiger charge is 2.19. The molecule has 0 amide bonds. The second-order valence-electron chi connectivity index (χ2n) is 8.27. The maximum Gasteiger partial charge on any atom is 0.124 e. The van der Waals surface area contributed by atoms with Crippen molar-refractivity contribution in [2.75, 3.05) is 65.6 Å². The molecule has 2 aliphatic rings. The molecule has 2 fully saturated rings. The van der Waals surface area contributed by atoms with Crippen LogP contribution >= 0.6 is 11.6 Å². The van der Waals surface area contributed by atoms with Gasteiger partial charge in [0.25, 0.3) is 0 Å². The number of halogens is 1. The SMILES string of the molecule is OCCN1CCN(Cc2cc(Cl)ccc2OCC(O)CN2CCCCCC2)CC1. The van der Waals surface area contributed by atoms with Crippen LogP contribution in [0.2, 0.25) is 5.02 Å². The Hall–Kier alpha value is -0.890. The smallest absolute Gasteiger partial charge is 0.124 e. The number of likely N-dealkylation sites (tertiary alicyclic amines) is 1. The maximum absolute atomic E-state index is 10.5. The van der Waals surface area contributed by atoms with Gasteiger partial charge >= 0.3 is 0 Å². The van der Waals surface area contributed by atoms with Gasteiger partial charge in [-0.1, -0.05) is 24.4 Å². The van der Waals surface area contributed by atoms with Gasteiger partial charge in [0.2, 0.25) is 0 Å². The van der Waals surface area contributed by atoms with E-state index in [-0.39, 0.29) is 6.61 Å². The van der Waals surface area contributed by atoms with Crippen LogP contribution in [-0.4, -0.2) is 96.6 Å². The summed E-state index contributed by atoms with van der Waals surface area (Å²) >= 11 is 6.24. The summed E-state index contributed by atoms with van der Waals surface area (Å²) < 4.78 is 6.02. The van der Waals surface area contributed by atoms with Crippen molar-refractivity contribution >= 4 is 11.6 Å². The summed E-state index contributed by atoms with van der Waals surface area (Å²) in [6.45, 7) is 8.72. The van der Waals surface area contributed by atoms with E-state index in [0.29, 0.717) is 18.2 Å². The molecule has 29 heavy (non-hydrogen) atoms. The summed E-state index contributed by atoms with van der Waals surface area (Å²) in [4.78, 5) is 7.03. The first-order valence-electron chi connectivity index (χ1n) is 11.0. The molecule has 1 atom stereocenters. The van der Waals surface area contributed by atoms with Gasteiger partial charge in [-0.05, 0) is 44.1 Å². The van der Waals surface area contributed by atoms with E-state index < -0.39 is 6.10 Å². The molecular formula is C22H36ClN3O3. The Kier molecular flexibility index (Phi) is 9.49. The van der Waals surface area contributed by atoms with E-state index in [1.165, 1.54) is 25.7 Å². The van der Waals surface area contributed by atoms with Crippen LogP contribution in [0.5, 0.6) is 5.75 Å². The van der Waals surface area contributed by atoms with Gasteiger partial charge in [-0.15, -0.1) is 0 Å². The lowest BCUT2D eigenvalue weighted by atomic mass is 10.1. The van der Waals surface area contributed by atoms with Gasteiger partial charge < -0.3 is 19.8 Å². The standard InChI is InChI=1S/C22H36ClN3O3/c23-20-5-6-22(29-18-21(28)17-25-7-3-1-2-4-8-25)19(15-20)16-26-11-9-24(10-12-26)13-14-27/h5-6,15,21,27-28H,1-4,7-14,16-18H2. The third kappa shape index (κ3) is 7.70. The molecule has 1 aromatic rings. The number of hydrogen-bond donors (Lipinski definition) is 2. The second kappa shape index (κ2) is 12.1. The minimum Gasteiger partial charge on any atom is -0.491 e. The molecule has 7 heteroatoms. The zero-order chi connectivity index (χ0) is 20.5. The molecule has 0 saturated carbocycles. The normalized spacial score (nSPS) is 21.1. The fourth-order valence-corrected chi connectivity index (χ4v) is 4.42. The minimum atomic E-state index is -0.487. The quantitative estimate of drug-likeness (QED) is 0.631. The van der Waals surface area contributed by atoms with Gasteiger partial charge in [0.05, 0.1) is 6.61 Å². The van der Waals surface area contributed by atoms with E-state index >= 15 is 0 Å². The molecule has 0 aliphatic carbocycles. The van der Waals surface area contributed by atoms with Crippen molar-refractivity contribution in [2.45, 2.75) is 38.3 Å². The molecule has 164 valence electrons. The number of piperazine rings is 1. The molecule has 6 nitrogen and oxygen atoms in total. The Morgan fingerprint density at radius 2 is 1.62 bits per heavy atom. The van der Waals surface area contributed by atoms with Crippen molar-refractivity contribution in [2.24, 2.45) is 0 Å². The minimum absolute atomic E-state index is 0.214. The highest BCUT2D eigenvalue weighted by molar-refractivity contribution is 6.30. The Morgan fingerprint density at radius 1 is 0.931 bits per heavy atom. The van der Waals surface area contributed by atoms with Crippen LogP contribution in [-0.2, 0) is 6.54 Å². The zero-order valence-corrected chi connectivity index (χ0v) is 18.2. The van der Waals surface area contributed by atoms with Crippen LogP contribution in [0.4, 0.5) is 0 Å². The first-order chi connectivity index (χ1) is 14.1. The number of aliphatic hydroxyl groups excluding tert-OH is 2. The van der Waals surface area contributed by atoms with E-state index in [1.807, 2.05) is 18.2 Å². The van der Waals surface area contributed by atoms with E-state index in [9.17, 15) is 5.11 Å². The number of nitrogens with zero attached hydrogens (tertiary/aromatic N) is 3. The average molecular weight is 426 g/mol. The summed E-state index contributed by atoms with van der Waals surface area (Å²) in [5, 5.41) is 20.3. The maximum atomic E-state index is 10.5. The molecule has 2 saturated heterocycles. The Morgan fingerprint density at radius 3 is 2.31 bits per heavy atom. The molecule has 1 aromatic carbocycles. The van der Waals surface area contributed by atoms with Gasteiger partial charge in [-0.25, -0.2) is 0 Å². The number of hydrogen-bond acceptors (Lipinski definition) is 6. The summed E-state index contributed by atoms with van der Waals surface area (Å²) in [6.07, 6.45) is 4.55. The number of β-amino-alcohol motifs (C(OH)–C–C–N with tert-alkyl or cyclic N) is 2. The fraction of sp³-hybridized carbons (Fsp3) is 0.727. The van der Waals surface area contributed by atoms with Gasteiger partial charge in [-0.2, -0.15) is 0 Å². The first kappa shape index (κ1) is 22.8. The highest BCUT2D eigenvalue weighted by atomic mass is 35.5. The lowest BCUT2D eigenvalue weighted by Crippen LogP contribution is -2.46. The third-order valence-electron chi connectivity index (χ3n) is 5.90. The summed E-state index contributed by atoms with van der Waals surface area (Å²) in [5.74, 6) is 0.808. The second-order valence-corrected chi connectivity index (χ2v) is 8.71. The van der Waals surface area contributed by atoms with Crippen LogP contribution in [0.25, 0.3) is 0 Å². The fourth-order valence-electron chi connectivity index (χ4n) is 4.22. The summed E-state index contributed by atoms with van der Waals surface area (Å²) in [5.41, 5.74) is 1.06. The van der Waals surface area contributed by atoms with Crippen molar-refractivity contribution in [3.05, 3.63) is 28.8 Å². The Labute approximate surface area is 180 Å². The lowest BCUT2D eigenvalue weighted by molar-refractivity contribution is 0.0680. The molecule has 0 spiro atoms. The lowest BCUT2D eigenvalue weighted by Gasteiger charge is -2.34. The number of aliphatic hydroxyl groups is 2. The Balaban J connectivity index is 1.50. The molecule has 2 heterocycles. The van der Waals surface area contributed by atoms with Crippen molar-refractivity contribution < 1.29 is 14.9 Å². The van der Waals surface area contributed by atoms with Gasteiger partial charge in [0.1, 0.15) is 18.5 Å². The topological polar surface area (TPSA) is 59.4 Å².